The molecule has 0 radical (unpaired) electrons. The standard InChI is InChI=1S/C24H26N6O4S/c1-28(2)8-9-34-19-11-17(10-18-20(31)27-23(33)35-18)25-22(26-19)30-14-24(15-30)12-29(13-24)21(32)16-6-4-3-5-7-16/h3-7,10-11H,8-9,12-15H2,1-2H3,(H,27,31,33). The molecule has 182 valence electrons. The van der Waals surface area contributed by atoms with Gasteiger partial charge in [0.15, 0.2) is 0 Å². The van der Waals surface area contributed by atoms with Gasteiger partial charge in [-0.25, -0.2) is 4.98 Å². The molecule has 0 aliphatic carbocycles. The number of hydrogen-bond acceptors (Lipinski definition) is 9. The molecule has 0 atom stereocenters. The third-order valence-electron chi connectivity index (χ3n) is 6.12. The summed E-state index contributed by atoms with van der Waals surface area (Å²) in [5.74, 6) is 0.537. The number of aromatic nitrogens is 2. The van der Waals surface area contributed by atoms with Crippen LogP contribution >= 0.6 is 11.8 Å². The fraction of sp³-hybridized carbons (Fsp3) is 0.375. The van der Waals surface area contributed by atoms with Crippen LogP contribution in [0.1, 0.15) is 16.1 Å². The van der Waals surface area contributed by atoms with Crippen molar-refractivity contribution in [3.05, 3.63) is 52.6 Å². The van der Waals surface area contributed by atoms with Crippen molar-refractivity contribution >= 4 is 40.8 Å². The maximum absolute atomic E-state index is 12.7. The highest BCUT2D eigenvalue weighted by Gasteiger charge is 2.54. The molecule has 0 unspecified atom stereocenters. The summed E-state index contributed by atoms with van der Waals surface area (Å²) >= 11 is 0.846. The lowest BCUT2D eigenvalue weighted by Crippen LogP contribution is -2.73. The third-order valence-corrected chi connectivity index (χ3v) is 6.93. The lowest BCUT2D eigenvalue weighted by atomic mass is 9.72. The van der Waals surface area contributed by atoms with E-state index in [0.717, 1.165) is 31.4 Å². The zero-order valence-corrected chi connectivity index (χ0v) is 20.4. The number of nitrogens with one attached hydrogen (secondary N) is 1. The molecule has 1 spiro atoms. The number of benzene rings is 1. The molecule has 3 amide bonds. The van der Waals surface area contributed by atoms with Gasteiger partial charge in [-0.15, -0.1) is 0 Å². The lowest BCUT2D eigenvalue weighted by Gasteiger charge is -2.60. The SMILES string of the molecule is CN(C)CCOc1cc(C=C2SC(=O)NC2=O)nc(N2CC3(CN(C(=O)c4ccccc4)C3)C2)n1. The van der Waals surface area contributed by atoms with Crippen LogP contribution < -0.4 is 15.0 Å². The Bertz CT molecular complexity index is 1190. The summed E-state index contributed by atoms with van der Waals surface area (Å²) in [4.78, 5) is 51.6. The van der Waals surface area contributed by atoms with Crippen LogP contribution in [0.25, 0.3) is 6.08 Å². The summed E-state index contributed by atoms with van der Waals surface area (Å²) in [5, 5.41) is 1.85. The number of hydrogen-bond donors (Lipinski definition) is 1. The Labute approximate surface area is 207 Å². The fourth-order valence-electron chi connectivity index (χ4n) is 4.38. The normalized spacial score (nSPS) is 19.7. The number of amides is 3. The molecule has 35 heavy (non-hydrogen) atoms. The number of imide groups is 1. The van der Waals surface area contributed by atoms with Gasteiger partial charge in [0.2, 0.25) is 11.8 Å². The van der Waals surface area contributed by atoms with Gasteiger partial charge >= 0.3 is 0 Å². The van der Waals surface area contributed by atoms with Gasteiger partial charge in [-0.3, -0.25) is 19.7 Å². The molecule has 3 fully saturated rings. The molecule has 0 saturated carbocycles. The molecule has 0 bridgehead atoms. The highest BCUT2D eigenvalue weighted by atomic mass is 32.2. The second-order valence-corrected chi connectivity index (χ2v) is 10.3. The van der Waals surface area contributed by atoms with E-state index < -0.39 is 11.1 Å². The summed E-state index contributed by atoms with van der Waals surface area (Å²) in [6.45, 7) is 4.04. The number of nitrogens with zero attached hydrogens (tertiary/aromatic N) is 5. The summed E-state index contributed by atoms with van der Waals surface area (Å²) in [6, 6.07) is 11.0. The Hall–Kier alpha value is -3.44. The highest BCUT2D eigenvalue weighted by molar-refractivity contribution is 8.18. The number of ether oxygens (including phenoxy) is 1. The molecule has 10 nitrogen and oxygen atoms in total. The van der Waals surface area contributed by atoms with Crippen LogP contribution in [-0.4, -0.2) is 90.2 Å². The first-order valence-corrected chi connectivity index (χ1v) is 12.1. The number of rotatable bonds is 7. The highest BCUT2D eigenvalue weighted by Crippen LogP contribution is 2.42. The Kier molecular flexibility index (Phi) is 6.20. The van der Waals surface area contributed by atoms with E-state index in [1.165, 1.54) is 0 Å². The zero-order valence-electron chi connectivity index (χ0n) is 19.6. The number of likely N-dealkylation sites (N-methyl/N-ethyl adjacent to an activating group) is 1. The maximum Gasteiger partial charge on any atom is 0.290 e. The first-order chi connectivity index (χ1) is 16.8. The minimum absolute atomic E-state index is 0.0435. The monoisotopic (exact) mass is 494 g/mol. The van der Waals surface area contributed by atoms with E-state index in [1.807, 2.05) is 54.2 Å². The van der Waals surface area contributed by atoms with Gasteiger partial charge in [0.1, 0.15) is 6.61 Å². The summed E-state index contributed by atoms with van der Waals surface area (Å²) in [6.07, 6.45) is 1.58. The second-order valence-electron chi connectivity index (χ2n) is 9.32. The van der Waals surface area contributed by atoms with Crippen molar-refractivity contribution in [2.24, 2.45) is 5.41 Å². The van der Waals surface area contributed by atoms with Crippen LogP contribution in [0, 0.1) is 5.41 Å². The van der Waals surface area contributed by atoms with E-state index in [1.54, 1.807) is 12.1 Å². The average Bonchev–Trinajstić information content (AvgIpc) is 3.08. The molecule has 4 heterocycles. The maximum atomic E-state index is 12.7. The predicted molar refractivity (Wildman–Crippen MR) is 132 cm³/mol. The van der Waals surface area contributed by atoms with Crippen molar-refractivity contribution in [1.82, 2.24) is 25.1 Å². The van der Waals surface area contributed by atoms with E-state index in [9.17, 15) is 14.4 Å². The van der Waals surface area contributed by atoms with E-state index in [4.69, 9.17) is 4.74 Å². The first kappa shape index (κ1) is 23.3. The molecule has 1 aromatic heterocycles. The molecular weight excluding hydrogens is 468 g/mol. The fourth-order valence-corrected chi connectivity index (χ4v) is 5.05. The van der Waals surface area contributed by atoms with Crippen molar-refractivity contribution in [2.45, 2.75) is 0 Å². The van der Waals surface area contributed by atoms with Crippen LogP contribution in [0.2, 0.25) is 0 Å². The molecule has 1 aromatic carbocycles. The quantitative estimate of drug-likeness (QED) is 0.576. The number of likely N-dealkylation sites (tertiary alicyclic amines) is 1. The largest absolute Gasteiger partial charge is 0.476 e. The Morgan fingerprint density at radius 2 is 1.91 bits per heavy atom. The molecular formula is C24H26N6O4S. The summed E-state index contributed by atoms with van der Waals surface area (Å²) in [7, 11) is 3.92. The van der Waals surface area contributed by atoms with Gasteiger partial charge in [0, 0.05) is 49.8 Å². The van der Waals surface area contributed by atoms with Crippen molar-refractivity contribution < 1.29 is 19.1 Å². The Morgan fingerprint density at radius 1 is 1.17 bits per heavy atom. The molecule has 11 heteroatoms. The first-order valence-electron chi connectivity index (χ1n) is 11.3. The van der Waals surface area contributed by atoms with E-state index in [2.05, 4.69) is 20.2 Å². The van der Waals surface area contributed by atoms with Crippen molar-refractivity contribution in [2.75, 3.05) is 58.3 Å². The average molecular weight is 495 g/mol. The van der Waals surface area contributed by atoms with Gasteiger partial charge in [0.05, 0.1) is 10.6 Å². The van der Waals surface area contributed by atoms with Gasteiger partial charge in [-0.2, -0.15) is 4.98 Å². The smallest absolute Gasteiger partial charge is 0.290 e. The molecule has 3 aliphatic heterocycles. The van der Waals surface area contributed by atoms with E-state index in [-0.39, 0.29) is 16.2 Å². The summed E-state index contributed by atoms with van der Waals surface area (Å²) < 4.78 is 5.84. The van der Waals surface area contributed by atoms with Crippen LogP contribution in [0.5, 0.6) is 5.88 Å². The van der Waals surface area contributed by atoms with Gasteiger partial charge in [-0.1, -0.05) is 18.2 Å². The number of carbonyl (C=O) groups excluding carboxylic acids is 3. The predicted octanol–water partition coefficient (Wildman–Crippen LogP) is 1.70. The number of thioether (sulfide) groups is 1. The molecule has 5 rings (SSSR count). The van der Waals surface area contributed by atoms with Crippen LogP contribution in [0.15, 0.2) is 41.3 Å². The second kappa shape index (κ2) is 9.31. The Balaban J connectivity index is 1.28. The van der Waals surface area contributed by atoms with Gasteiger partial charge in [0.25, 0.3) is 17.1 Å². The van der Waals surface area contributed by atoms with Crippen LogP contribution in [0.3, 0.4) is 0 Å². The molecule has 2 aromatic rings. The van der Waals surface area contributed by atoms with Crippen molar-refractivity contribution in [1.29, 1.82) is 0 Å². The molecule has 3 aliphatic rings. The third kappa shape index (κ3) is 5.01. The molecule has 3 saturated heterocycles. The van der Waals surface area contributed by atoms with Crippen LogP contribution in [0.4, 0.5) is 10.7 Å². The minimum atomic E-state index is -0.434. The summed E-state index contributed by atoms with van der Waals surface area (Å²) in [5.41, 5.74) is 1.24. The van der Waals surface area contributed by atoms with E-state index >= 15 is 0 Å². The number of anilines is 1. The van der Waals surface area contributed by atoms with E-state index in [0.29, 0.717) is 42.8 Å². The van der Waals surface area contributed by atoms with Gasteiger partial charge < -0.3 is 19.4 Å². The van der Waals surface area contributed by atoms with Crippen molar-refractivity contribution in [3.63, 3.8) is 0 Å². The lowest BCUT2D eigenvalue weighted by molar-refractivity contribution is -0.115. The zero-order chi connectivity index (χ0) is 24.6. The molecule has 1 N–H and O–H groups in total. The minimum Gasteiger partial charge on any atom is -0.476 e. The van der Waals surface area contributed by atoms with Crippen LogP contribution in [-0.2, 0) is 4.79 Å². The van der Waals surface area contributed by atoms with Gasteiger partial charge in [-0.05, 0) is 44.1 Å². The topological polar surface area (TPSA) is 108 Å². The number of carbonyl (C=O) groups is 3. The Morgan fingerprint density at radius 3 is 2.57 bits per heavy atom. The van der Waals surface area contributed by atoms with Crippen molar-refractivity contribution in [3.8, 4) is 5.88 Å².